The Balaban J connectivity index is 2.40. The Labute approximate surface area is 161 Å². The lowest BCUT2D eigenvalue weighted by Gasteiger charge is -2.17. The van der Waals surface area contributed by atoms with Crippen LogP contribution in [0.15, 0.2) is 48.6 Å². The van der Waals surface area contributed by atoms with Crippen LogP contribution in [0.5, 0.6) is 0 Å². The number of hydrogen-bond acceptors (Lipinski definition) is 4. The molecule has 4 atom stereocenters. The smallest absolute Gasteiger partial charge is 0.303 e. The molecule has 5 nitrogen and oxygen atoms in total. The predicted octanol–water partition coefficient (Wildman–Crippen LogP) is 3.58. The van der Waals surface area contributed by atoms with Crippen LogP contribution < -0.4 is 0 Å². The van der Waals surface area contributed by atoms with E-state index in [-0.39, 0.29) is 25.0 Å². The molecule has 0 aromatic carbocycles. The molecule has 0 heterocycles. The minimum atomic E-state index is -0.951. The van der Waals surface area contributed by atoms with Crippen molar-refractivity contribution in [2.45, 2.75) is 64.1 Å². The van der Waals surface area contributed by atoms with Gasteiger partial charge in [-0.3, -0.25) is 9.59 Å². The van der Waals surface area contributed by atoms with Gasteiger partial charge in [-0.25, -0.2) is 0 Å². The molecule has 1 fully saturated rings. The zero-order valence-electron chi connectivity index (χ0n) is 16.0. The first-order valence-electron chi connectivity index (χ1n) is 9.69. The van der Waals surface area contributed by atoms with Crippen LogP contribution >= 0.6 is 0 Å². The second-order valence-corrected chi connectivity index (χ2v) is 6.84. The maximum atomic E-state index is 11.9. The van der Waals surface area contributed by atoms with Crippen LogP contribution in [0.4, 0.5) is 0 Å². The number of aliphatic hydroxyl groups excluding tert-OH is 2. The summed E-state index contributed by atoms with van der Waals surface area (Å²) in [5.74, 6) is -1.96. The average molecular weight is 376 g/mol. The molecule has 0 bridgehead atoms. The number of carbonyl (C=O) groups is 2. The van der Waals surface area contributed by atoms with E-state index < -0.39 is 30.0 Å². The summed E-state index contributed by atoms with van der Waals surface area (Å²) in [6.07, 6.45) is 17.5. The van der Waals surface area contributed by atoms with Gasteiger partial charge in [0.25, 0.3) is 0 Å². The second-order valence-electron chi connectivity index (χ2n) is 6.84. The molecule has 0 aliphatic heterocycles. The third kappa shape index (κ3) is 9.50. The summed E-state index contributed by atoms with van der Waals surface area (Å²) in [6, 6.07) is 0. The third-order valence-electron chi connectivity index (χ3n) is 4.62. The van der Waals surface area contributed by atoms with E-state index in [0.717, 1.165) is 19.3 Å². The zero-order valence-corrected chi connectivity index (χ0v) is 16.0. The molecule has 0 amide bonds. The Bertz CT molecular complexity index is 573. The van der Waals surface area contributed by atoms with Crippen molar-refractivity contribution in [3.8, 4) is 0 Å². The van der Waals surface area contributed by atoms with Crippen molar-refractivity contribution in [2.75, 3.05) is 0 Å². The molecule has 0 radical (unpaired) electrons. The van der Waals surface area contributed by atoms with Gasteiger partial charge in [0.15, 0.2) is 0 Å². The number of carboxylic acids is 1. The first kappa shape index (κ1) is 23.1. The van der Waals surface area contributed by atoms with Gasteiger partial charge in [-0.2, -0.15) is 0 Å². The molecule has 0 unspecified atom stereocenters. The fourth-order valence-corrected chi connectivity index (χ4v) is 3.15. The Hall–Kier alpha value is -1.98. The van der Waals surface area contributed by atoms with Gasteiger partial charge in [-0.1, -0.05) is 55.5 Å². The predicted molar refractivity (Wildman–Crippen MR) is 106 cm³/mol. The van der Waals surface area contributed by atoms with Gasteiger partial charge in [0.2, 0.25) is 0 Å². The number of aliphatic hydroxyl groups is 2. The normalized spacial score (nSPS) is 24.9. The molecular formula is C22H32O5. The van der Waals surface area contributed by atoms with Crippen LogP contribution in [0.3, 0.4) is 0 Å². The summed E-state index contributed by atoms with van der Waals surface area (Å²) in [7, 11) is 0. The number of Topliss-reactive ketones (excluding diaryl/α,β-unsaturated/α-hetero) is 1. The summed E-state index contributed by atoms with van der Waals surface area (Å²) in [6.45, 7) is 2.10. The van der Waals surface area contributed by atoms with Crippen LogP contribution in [-0.4, -0.2) is 39.3 Å². The zero-order chi connectivity index (χ0) is 20.1. The van der Waals surface area contributed by atoms with Crippen molar-refractivity contribution in [1.82, 2.24) is 0 Å². The number of ketones is 1. The van der Waals surface area contributed by atoms with Crippen LogP contribution in [0.25, 0.3) is 0 Å². The molecule has 0 aromatic rings. The first-order chi connectivity index (χ1) is 13.0. The van der Waals surface area contributed by atoms with Gasteiger partial charge in [-0.05, 0) is 32.1 Å². The molecule has 150 valence electrons. The fraction of sp³-hybridized carbons (Fsp3) is 0.545. The highest BCUT2D eigenvalue weighted by Gasteiger charge is 2.39. The molecule has 1 rings (SSSR count). The molecule has 3 N–H and O–H groups in total. The van der Waals surface area contributed by atoms with Crippen LogP contribution in [0.2, 0.25) is 0 Å². The molecule has 0 spiro atoms. The van der Waals surface area contributed by atoms with Crippen LogP contribution in [0, 0.1) is 11.8 Å². The number of hydrogen-bond donors (Lipinski definition) is 3. The largest absolute Gasteiger partial charge is 0.481 e. The average Bonchev–Trinajstić information content (AvgIpc) is 2.89. The molecule has 0 saturated heterocycles. The topological polar surface area (TPSA) is 94.8 Å². The van der Waals surface area contributed by atoms with E-state index in [1.54, 1.807) is 12.2 Å². The maximum Gasteiger partial charge on any atom is 0.303 e. The van der Waals surface area contributed by atoms with Crippen molar-refractivity contribution in [2.24, 2.45) is 11.8 Å². The van der Waals surface area contributed by atoms with E-state index in [0.29, 0.717) is 6.42 Å². The minimum absolute atomic E-state index is 0.0507. The fourth-order valence-electron chi connectivity index (χ4n) is 3.15. The lowest BCUT2D eigenvalue weighted by Crippen LogP contribution is -2.20. The Kier molecular flexibility index (Phi) is 11.3. The van der Waals surface area contributed by atoms with Crippen molar-refractivity contribution in [3.63, 3.8) is 0 Å². The van der Waals surface area contributed by atoms with E-state index in [1.165, 1.54) is 0 Å². The molecule has 5 heteroatoms. The number of aliphatic carboxylic acids is 1. The number of carbonyl (C=O) groups excluding carboxylic acids is 1. The van der Waals surface area contributed by atoms with Crippen molar-refractivity contribution in [1.29, 1.82) is 0 Å². The summed E-state index contributed by atoms with van der Waals surface area (Å²) in [5, 5.41) is 28.9. The van der Waals surface area contributed by atoms with Gasteiger partial charge in [-0.15, -0.1) is 0 Å². The number of rotatable bonds is 12. The van der Waals surface area contributed by atoms with Crippen molar-refractivity contribution >= 4 is 11.8 Å². The maximum absolute atomic E-state index is 11.9. The quantitative estimate of drug-likeness (QED) is 0.453. The molecule has 1 aliphatic rings. The highest BCUT2D eigenvalue weighted by Crippen LogP contribution is 2.33. The third-order valence-corrected chi connectivity index (χ3v) is 4.62. The Morgan fingerprint density at radius 1 is 1.15 bits per heavy atom. The van der Waals surface area contributed by atoms with Crippen molar-refractivity contribution < 1.29 is 24.9 Å². The summed E-state index contributed by atoms with van der Waals surface area (Å²) < 4.78 is 0. The van der Waals surface area contributed by atoms with E-state index >= 15 is 0 Å². The van der Waals surface area contributed by atoms with Crippen molar-refractivity contribution in [3.05, 3.63) is 48.6 Å². The van der Waals surface area contributed by atoms with E-state index in [2.05, 4.69) is 31.2 Å². The first-order valence-corrected chi connectivity index (χ1v) is 9.69. The van der Waals surface area contributed by atoms with Gasteiger partial charge < -0.3 is 15.3 Å². The van der Waals surface area contributed by atoms with Gasteiger partial charge in [0.1, 0.15) is 5.78 Å². The number of carboxylic acid groups (broad SMARTS) is 1. The molecule has 1 saturated carbocycles. The van der Waals surface area contributed by atoms with Crippen LogP contribution in [0.1, 0.15) is 51.9 Å². The second kappa shape index (κ2) is 13.2. The number of allylic oxidation sites excluding steroid dienone is 5. The van der Waals surface area contributed by atoms with Gasteiger partial charge >= 0.3 is 5.97 Å². The van der Waals surface area contributed by atoms with E-state index in [1.807, 2.05) is 12.2 Å². The standard InChI is InChI=1S/C22H32O5/c1-2-3-4-5-6-7-8-9-10-11-17(23)12-13-18-19(14-15-22(26)27)21(25)16-20(18)24/h3-4,6-7,9-10,12-13,17-20,23-24H,2,5,8,11,14-16H2,1H3,(H,26,27)/b4-3-,7-6+,10-9-,13-12+/t17-,18-,19+,20+/m0/s1. The highest BCUT2D eigenvalue weighted by molar-refractivity contribution is 5.85. The van der Waals surface area contributed by atoms with Gasteiger partial charge in [0.05, 0.1) is 12.2 Å². The lowest BCUT2D eigenvalue weighted by atomic mass is 9.89. The Morgan fingerprint density at radius 2 is 1.78 bits per heavy atom. The van der Waals surface area contributed by atoms with Gasteiger partial charge in [0, 0.05) is 24.7 Å². The summed E-state index contributed by atoms with van der Waals surface area (Å²) >= 11 is 0. The molecule has 1 aliphatic carbocycles. The molecule has 0 aromatic heterocycles. The monoisotopic (exact) mass is 376 g/mol. The lowest BCUT2D eigenvalue weighted by molar-refractivity contribution is -0.137. The van der Waals surface area contributed by atoms with Crippen LogP contribution in [-0.2, 0) is 9.59 Å². The SMILES string of the molecule is CC/C=C\C/C=C/C/C=C\C[C@H](O)/C=C/[C@@H]1[C@H](O)CC(=O)[C@@H]1CCC(=O)O. The highest BCUT2D eigenvalue weighted by atomic mass is 16.4. The summed E-state index contributed by atoms with van der Waals surface area (Å²) in [4.78, 5) is 22.7. The summed E-state index contributed by atoms with van der Waals surface area (Å²) in [5.41, 5.74) is 0. The Morgan fingerprint density at radius 3 is 2.41 bits per heavy atom. The molecule has 27 heavy (non-hydrogen) atoms. The minimum Gasteiger partial charge on any atom is -0.481 e. The van der Waals surface area contributed by atoms with E-state index in [4.69, 9.17) is 5.11 Å². The molecular weight excluding hydrogens is 344 g/mol. The van der Waals surface area contributed by atoms with E-state index in [9.17, 15) is 19.8 Å².